The van der Waals surface area contributed by atoms with Crippen LogP contribution in [0.5, 0.6) is 0 Å². The van der Waals surface area contributed by atoms with E-state index in [1.54, 1.807) is 6.07 Å². The molecule has 1 amide bonds. The van der Waals surface area contributed by atoms with Crippen LogP contribution in [0.3, 0.4) is 0 Å². The monoisotopic (exact) mass is 312 g/mol. The number of methoxy groups -OCH3 is 1. The third kappa shape index (κ3) is 6.62. The number of carbonyl (C=O) groups is 2. The highest BCUT2D eigenvalue weighted by molar-refractivity contribution is 5.88. The Hall–Kier alpha value is -2.02. The molecule has 0 aliphatic rings. The molecule has 7 heteroatoms. The van der Waals surface area contributed by atoms with Gasteiger partial charge >= 0.3 is 12.1 Å². The number of esters is 1. The van der Waals surface area contributed by atoms with E-state index in [-0.39, 0.29) is 6.04 Å². The van der Waals surface area contributed by atoms with E-state index in [4.69, 9.17) is 9.15 Å². The first-order chi connectivity index (χ1) is 10.2. The van der Waals surface area contributed by atoms with Gasteiger partial charge in [-0.1, -0.05) is 0 Å². The molecule has 0 bridgehead atoms. The van der Waals surface area contributed by atoms with Crippen LogP contribution in [0.25, 0.3) is 0 Å². The van der Waals surface area contributed by atoms with Gasteiger partial charge < -0.3 is 24.5 Å². The Morgan fingerprint density at radius 2 is 2.05 bits per heavy atom. The van der Waals surface area contributed by atoms with E-state index in [1.165, 1.54) is 13.4 Å². The van der Waals surface area contributed by atoms with Gasteiger partial charge in [0.05, 0.1) is 19.2 Å². The van der Waals surface area contributed by atoms with Gasteiger partial charge in [-0.25, -0.2) is 9.59 Å². The molecule has 2 N–H and O–H groups in total. The minimum Gasteiger partial charge on any atom is -0.467 e. The van der Waals surface area contributed by atoms with Crippen molar-refractivity contribution in [2.45, 2.75) is 45.9 Å². The standard InChI is InChI=1S/C15H24N2O5/c1-10(17-14(19)22-15(2,3)4)7-16-8-12-6-11(9-21-12)13(18)20-5/h6,9-10,16H,7-8H2,1-5H3,(H,17,19). The van der Waals surface area contributed by atoms with Crippen molar-refractivity contribution in [3.8, 4) is 0 Å². The molecule has 0 radical (unpaired) electrons. The molecule has 0 spiro atoms. The molecule has 0 saturated carbocycles. The van der Waals surface area contributed by atoms with E-state index in [0.717, 1.165) is 0 Å². The highest BCUT2D eigenvalue weighted by Gasteiger charge is 2.17. The average Bonchev–Trinajstić information content (AvgIpc) is 2.84. The van der Waals surface area contributed by atoms with E-state index in [9.17, 15) is 9.59 Å². The zero-order valence-corrected chi connectivity index (χ0v) is 13.7. The molecule has 0 aliphatic carbocycles. The van der Waals surface area contributed by atoms with Crippen molar-refractivity contribution in [2.24, 2.45) is 0 Å². The Morgan fingerprint density at radius 3 is 2.64 bits per heavy atom. The van der Waals surface area contributed by atoms with Crippen LogP contribution in [-0.4, -0.2) is 37.4 Å². The molecule has 22 heavy (non-hydrogen) atoms. The first-order valence-electron chi connectivity index (χ1n) is 7.07. The van der Waals surface area contributed by atoms with E-state index >= 15 is 0 Å². The summed E-state index contributed by atoms with van der Waals surface area (Å²) in [5.41, 5.74) is -0.144. The van der Waals surface area contributed by atoms with Crippen LogP contribution in [0.2, 0.25) is 0 Å². The number of furan rings is 1. The molecule has 1 heterocycles. The van der Waals surface area contributed by atoms with Gasteiger partial charge in [0.25, 0.3) is 0 Å². The largest absolute Gasteiger partial charge is 0.467 e. The van der Waals surface area contributed by atoms with Crippen molar-refractivity contribution < 1.29 is 23.5 Å². The molecular weight excluding hydrogens is 288 g/mol. The van der Waals surface area contributed by atoms with Crippen LogP contribution in [0.15, 0.2) is 16.7 Å². The van der Waals surface area contributed by atoms with Crippen molar-refractivity contribution in [2.75, 3.05) is 13.7 Å². The Balaban J connectivity index is 2.30. The predicted molar refractivity (Wildman–Crippen MR) is 80.6 cm³/mol. The minimum absolute atomic E-state index is 0.107. The number of alkyl carbamates (subject to hydrolysis) is 1. The van der Waals surface area contributed by atoms with Crippen LogP contribution < -0.4 is 10.6 Å². The number of ether oxygens (including phenoxy) is 2. The molecule has 0 fully saturated rings. The van der Waals surface area contributed by atoms with Crippen LogP contribution in [-0.2, 0) is 16.0 Å². The van der Waals surface area contributed by atoms with Gasteiger partial charge in [-0.15, -0.1) is 0 Å². The first-order valence-corrected chi connectivity index (χ1v) is 7.07. The SMILES string of the molecule is COC(=O)c1coc(CNCC(C)NC(=O)OC(C)(C)C)c1. The summed E-state index contributed by atoms with van der Waals surface area (Å²) in [5, 5.41) is 5.85. The number of carbonyl (C=O) groups excluding carboxylic acids is 2. The fourth-order valence-electron chi connectivity index (χ4n) is 1.67. The lowest BCUT2D eigenvalue weighted by molar-refractivity contribution is 0.0507. The summed E-state index contributed by atoms with van der Waals surface area (Å²) in [6, 6.07) is 1.51. The van der Waals surface area contributed by atoms with E-state index < -0.39 is 17.7 Å². The van der Waals surface area contributed by atoms with Gasteiger partial charge in [-0.2, -0.15) is 0 Å². The van der Waals surface area contributed by atoms with E-state index in [0.29, 0.717) is 24.4 Å². The van der Waals surface area contributed by atoms with Crippen molar-refractivity contribution in [1.29, 1.82) is 0 Å². The lowest BCUT2D eigenvalue weighted by atomic mass is 10.2. The molecule has 124 valence electrons. The summed E-state index contributed by atoms with van der Waals surface area (Å²) in [4.78, 5) is 22.9. The summed E-state index contributed by atoms with van der Waals surface area (Å²) >= 11 is 0. The smallest absolute Gasteiger partial charge is 0.407 e. The van der Waals surface area contributed by atoms with Crippen LogP contribution in [0.4, 0.5) is 4.79 Å². The Labute approximate surface area is 130 Å². The predicted octanol–water partition coefficient (Wildman–Crippen LogP) is 2.07. The molecule has 1 unspecified atom stereocenters. The second-order valence-corrected chi connectivity index (χ2v) is 5.97. The maximum atomic E-state index is 11.6. The van der Waals surface area contributed by atoms with Crippen molar-refractivity contribution in [3.05, 3.63) is 23.7 Å². The van der Waals surface area contributed by atoms with Crippen LogP contribution >= 0.6 is 0 Å². The van der Waals surface area contributed by atoms with Gasteiger partial charge in [0.2, 0.25) is 0 Å². The molecule has 0 saturated heterocycles. The number of hydrogen-bond acceptors (Lipinski definition) is 6. The Bertz CT molecular complexity index is 504. The quantitative estimate of drug-likeness (QED) is 0.782. The molecule has 7 nitrogen and oxygen atoms in total. The number of rotatable bonds is 6. The number of amides is 1. The van der Waals surface area contributed by atoms with Gasteiger partial charge in [-0.05, 0) is 33.8 Å². The Morgan fingerprint density at radius 1 is 1.36 bits per heavy atom. The molecule has 1 aromatic heterocycles. The third-order valence-corrected chi connectivity index (χ3v) is 2.59. The number of hydrogen-bond donors (Lipinski definition) is 2. The minimum atomic E-state index is -0.518. The second-order valence-electron chi connectivity index (χ2n) is 5.97. The highest BCUT2D eigenvalue weighted by Crippen LogP contribution is 2.09. The summed E-state index contributed by atoms with van der Waals surface area (Å²) in [5.74, 6) is 0.180. The van der Waals surface area contributed by atoms with Gasteiger partial charge in [-0.3, -0.25) is 0 Å². The van der Waals surface area contributed by atoms with Gasteiger partial charge in [0, 0.05) is 12.6 Å². The lowest BCUT2D eigenvalue weighted by Crippen LogP contribution is -2.42. The first kappa shape index (κ1) is 18.0. The zero-order chi connectivity index (χ0) is 16.8. The molecule has 1 atom stereocenters. The zero-order valence-electron chi connectivity index (χ0n) is 13.7. The molecular formula is C15H24N2O5. The lowest BCUT2D eigenvalue weighted by Gasteiger charge is -2.22. The molecule has 0 aromatic carbocycles. The fourth-order valence-corrected chi connectivity index (χ4v) is 1.67. The maximum Gasteiger partial charge on any atom is 0.407 e. The molecule has 1 rings (SSSR count). The summed E-state index contributed by atoms with van der Waals surface area (Å²) < 4.78 is 15.0. The third-order valence-electron chi connectivity index (χ3n) is 2.59. The van der Waals surface area contributed by atoms with Crippen molar-refractivity contribution in [3.63, 3.8) is 0 Å². The summed E-state index contributed by atoms with van der Waals surface area (Å²) in [6.07, 6.45) is 0.901. The highest BCUT2D eigenvalue weighted by atomic mass is 16.6. The summed E-state index contributed by atoms with van der Waals surface area (Å²) in [6.45, 7) is 8.27. The van der Waals surface area contributed by atoms with E-state index in [2.05, 4.69) is 15.4 Å². The van der Waals surface area contributed by atoms with Crippen LogP contribution in [0, 0.1) is 0 Å². The van der Waals surface area contributed by atoms with E-state index in [1.807, 2.05) is 27.7 Å². The topological polar surface area (TPSA) is 89.8 Å². The number of nitrogens with one attached hydrogen (secondary N) is 2. The normalized spacial score (nSPS) is 12.6. The fraction of sp³-hybridized carbons (Fsp3) is 0.600. The molecule has 0 aliphatic heterocycles. The summed E-state index contributed by atoms with van der Waals surface area (Å²) in [7, 11) is 1.32. The van der Waals surface area contributed by atoms with Gasteiger partial charge in [0.1, 0.15) is 17.6 Å². The van der Waals surface area contributed by atoms with Gasteiger partial charge in [0.15, 0.2) is 0 Å². The van der Waals surface area contributed by atoms with Crippen molar-refractivity contribution >= 4 is 12.1 Å². The van der Waals surface area contributed by atoms with Crippen LogP contribution in [0.1, 0.15) is 43.8 Å². The maximum absolute atomic E-state index is 11.6. The Kier molecular flexibility index (Phi) is 6.42. The molecule has 1 aromatic rings. The second kappa shape index (κ2) is 7.84. The van der Waals surface area contributed by atoms with Crippen molar-refractivity contribution in [1.82, 2.24) is 10.6 Å². The average molecular weight is 312 g/mol.